The third-order valence-corrected chi connectivity index (χ3v) is 4.03. The molecule has 1 N–H and O–H groups in total. The van der Waals surface area contributed by atoms with Gasteiger partial charge in [-0.05, 0) is 25.0 Å². The number of hydrogen-bond acceptors (Lipinski definition) is 6. The zero-order valence-electron chi connectivity index (χ0n) is 14.0. The van der Waals surface area contributed by atoms with E-state index in [-0.39, 0.29) is 29.3 Å². The van der Waals surface area contributed by atoms with Crippen LogP contribution in [0.4, 0.5) is 15.9 Å². The Morgan fingerprint density at radius 2 is 2.00 bits per heavy atom. The van der Waals surface area contributed by atoms with Crippen LogP contribution in [0.1, 0.15) is 20.8 Å². The Hall–Kier alpha value is -3.10. The van der Waals surface area contributed by atoms with Gasteiger partial charge >= 0.3 is 5.69 Å². The number of aromatic nitrogens is 4. The lowest BCUT2D eigenvalue weighted by Gasteiger charge is -2.18. The van der Waals surface area contributed by atoms with Crippen molar-refractivity contribution in [1.82, 2.24) is 19.4 Å². The summed E-state index contributed by atoms with van der Waals surface area (Å²) in [5.41, 5.74) is 0.768. The summed E-state index contributed by atoms with van der Waals surface area (Å²) in [6.07, 6.45) is 3.92. The summed E-state index contributed by atoms with van der Waals surface area (Å²) in [6.45, 7) is 5.91. The number of rotatable bonds is 5. The van der Waals surface area contributed by atoms with E-state index in [9.17, 15) is 14.5 Å². The standard InChI is InChI=1S/C16H17FN6O2/c1-9(2)10(3)20-16-13(23(24)25)7-19-15(21-16)12-6-18-14-5-4-11(17)8-22(12)14/h4-10H,1-3H3,(H,19,20,21). The van der Waals surface area contributed by atoms with Crippen LogP contribution in [0.25, 0.3) is 17.2 Å². The van der Waals surface area contributed by atoms with Crippen LogP contribution in [0.3, 0.4) is 0 Å². The molecule has 25 heavy (non-hydrogen) atoms. The first-order valence-electron chi connectivity index (χ1n) is 7.77. The summed E-state index contributed by atoms with van der Waals surface area (Å²) in [6, 6.07) is 2.81. The minimum Gasteiger partial charge on any atom is -0.362 e. The molecule has 1 atom stereocenters. The van der Waals surface area contributed by atoms with E-state index in [1.807, 2.05) is 20.8 Å². The third kappa shape index (κ3) is 3.25. The smallest absolute Gasteiger partial charge is 0.329 e. The quantitative estimate of drug-likeness (QED) is 0.563. The van der Waals surface area contributed by atoms with Crippen molar-refractivity contribution in [2.24, 2.45) is 5.92 Å². The molecule has 3 rings (SSSR count). The molecule has 3 aromatic rings. The summed E-state index contributed by atoms with van der Waals surface area (Å²) in [4.78, 5) is 23.2. The van der Waals surface area contributed by atoms with Crippen LogP contribution in [-0.2, 0) is 0 Å². The molecule has 0 aromatic carbocycles. The second kappa shape index (κ2) is 6.42. The average molecular weight is 344 g/mol. The molecule has 0 fully saturated rings. The van der Waals surface area contributed by atoms with Crippen LogP contribution in [0, 0.1) is 21.8 Å². The predicted molar refractivity (Wildman–Crippen MR) is 90.8 cm³/mol. The highest BCUT2D eigenvalue weighted by Crippen LogP contribution is 2.26. The Morgan fingerprint density at radius 1 is 1.24 bits per heavy atom. The van der Waals surface area contributed by atoms with Crippen molar-refractivity contribution in [2.45, 2.75) is 26.8 Å². The van der Waals surface area contributed by atoms with Crippen molar-refractivity contribution in [1.29, 1.82) is 0 Å². The number of hydrogen-bond donors (Lipinski definition) is 1. The molecule has 0 radical (unpaired) electrons. The zero-order valence-corrected chi connectivity index (χ0v) is 14.0. The van der Waals surface area contributed by atoms with Crippen molar-refractivity contribution in [3.05, 3.63) is 46.7 Å². The Bertz CT molecular complexity index is 940. The van der Waals surface area contributed by atoms with E-state index >= 15 is 0 Å². The molecule has 0 spiro atoms. The molecule has 0 bridgehead atoms. The number of imidazole rings is 1. The molecule has 0 saturated heterocycles. The maximum absolute atomic E-state index is 13.5. The zero-order chi connectivity index (χ0) is 18.1. The van der Waals surface area contributed by atoms with Crippen molar-refractivity contribution >= 4 is 17.2 Å². The number of nitrogens with zero attached hydrogens (tertiary/aromatic N) is 5. The van der Waals surface area contributed by atoms with Crippen molar-refractivity contribution in [3.8, 4) is 11.5 Å². The summed E-state index contributed by atoms with van der Waals surface area (Å²) >= 11 is 0. The second-order valence-corrected chi connectivity index (χ2v) is 6.08. The number of fused-ring (bicyclic) bond motifs is 1. The van der Waals surface area contributed by atoms with Gasteiger partial charge in [-0.25, -0.2) is 19.3 Å². The molecule has 3 heterocycles. The molecule has 1 unspecified atom stereocenters. The van der Waals surface area contributed by atoms with Gasteiger partial charge in [0.25, 0.3) is 0 Å². The first-order valence-corrected chi connectivity index (χ1v) is 7.77. The summed E-state index contributed by atoms with van der Waals surface area (Å²) in [7, 11) is 0. The average Bonchev–Trinajstić information content (AvgIpc) is 2.97. The predicted octanol–water partition coefficient (Wildman–Crippen LogP) is 3.30. The van der Waals surface area contributed by atoms with Gasteiger partial charge in [-0.15, -0.1) is 0 Å². The largest absolute Gasteiger partial charge is 0.362 e. The molecule has 0 aliphatic carbocycles. The Labute approximate surface area is 142 Å². The van der Waals surface area contributed by atoms with Crippen molar-refractivity contribution in [2.75, 3.05) is 5.32 Å². The lowest BCUT2D eigenvalue weighted by molar-refractivity contribution is -0.384. The fourth-order valence-electron chi connectivity index (χ4n) is 2.24. The van der Waals surface area contributed by atoms with E-state index in [1.165, 1.54) is 28.9 Å². The number of nitrogens with one attached hydrogen (secondary N) is 1. The van der Waals surface area contributed by atoms with Crippen molar-refractivity contribution < 1.29 is 9.31 Å². The van der Waals surface area contributed by atoms with Crippen LogP contribution < -0.4 is 5.32 Å². The maximum atomic E-state index is 13.5. The molecule has 0 saturated carbocycles. The fourth-order valence-corrected chi connectivity index (χ4v) is 2.24. The van der Waals surface area contributed by atoms with E-state index in [4.69, 9.17) is 0 Å². The highest BCUT2D eigenvalue weighted by atomic mass is 19.1. The molecular weight excluding hydrogens is 327 g/mol. The van der Waals surface area contributed by atoms with Gasteiger partial charge < -0.3 is 5.32 Å². The van der Waals surface area contributed by atoms with E-state index in [0.717, 1.165) is 6.20 Å². The summed E-state index contributed by atoms with van der Waals surface area (Å²) in [5.74, 6) is 0.174. The van der Waals surface area contributed by atoms with Crippen LogP contribution in [0.15, 0.2) is 30.7 Å². The van der Waals surface area contributed by atoms with Gasteiger partial charge in [-0.2, -0.15) is 0 Å². The van der Waals surface area contributed by atoms with E-state index < -0.39 is 10.7 Å². The minimum atomic E-state index is -0.534. The summed E-state index contributed by atoms with van der Waals surface area (Å²) < 4.78 is 15.0. The molecule has 8 nitrogen and oxygen atoms in total. The van der Waals surface area contributed by atoms with E-state index in [2.05, 4.69) is 20.3 Å². The SMILES string of the molecule is CC(C)C(C)Nc1nc(-c2cnc3ccc(F)cn23)ncc1[N+](=O)[O-]. The van der Waals surface area contributed by atoms with E-state index in [0.29, 0.717) is 11.3 Å². The second-order valence-electron chi connectivity index (χ2n) is 6.08. The highest BCUT2D eigenvalue weighted by Gasteiger charge is 2.21. The highest BCUT2D eigenvalue weighted by molar-refractivity contribution is 5.63. The van der Waals surface area contributed by atoms with Gasteiger partial charge in [0.2, 0.25) is 5.82 Å². The van der Waals surface area contributed by atoms with Crippen molar-refractivity contribution in [3.63, 3.8) is 0 Å². The van der Waals surface area contributed by atoms with Crippen LogP contribution >= 0.6 is 0 Å². The molecule has 3 aromatic heterocycles. The van der Waals surface area contributed by atoms with Crippen LogP contribution in [0.5, 0.6) is 0 Å². The maximum Gasteiger partial charge on any atom is 0.329 e. The molecule has 0 aliphatic rings. The van der Waals surface area contributed by atoms with Gasteiger partial charge in [0.1, 0.15) is 23.4 Å². The summed E-state index contributed by atoms with van der Waals surface area (Å²) in [5, 5.41) is 14.3. The van der Waals surface area contributed by atoms with Gasteiger partial charge in [0, 0.05) is 12.2 Å². The normalized spacial score (nSPS) is 12.5. The Morgan fingerprint density at radius 3 is 2.68 bits per heavy atom. The monoisotopic (exact) mass is 344 g/mol. The van der Waals surface area contributed by atoms with Crippen LogP contribution in [-0.4, -0.2) is 30.3 Å². The molecule has 0 aliphatic heterocycles. The van der Waals surface area contributed by atoms with Gasteiger partial charge in [-0.3, -0.25) is 14.5 Å². The first-order chi connectivity index (χ1) is 11.9. The topological polar surface area (TPSA) is 98.2 Å². The molecule has 130 valence electrons. The van der Waals surface area contributed by atoms with E-state index in [1.54, 1.807) is 0 Å². The van der Waals surface area contributed by atoms with Gasteiger partial charge in [0.15, 0.2) is 5.82 Å². The number of anilines is 1. The Balaban J connectivity index is 2.10. The third-order valence-electron chi connectivity index (χ3n) is 4.03. The first kappa shape index (κ1) is 16.7. The van der Waals surface area contributed by atoms with Crippen LogP contribution in [0.2, 0.25) is 0 Å². The number of nitro groups is 1. The van der Waals surface area contributed by atoms with Gasteiger partial charge in [-0.1, -0.05) is 13.8 Å². The molecule has 9 heteroatoms. The lowest BCUT2D eigenvalue weighted by atomic mass is 10.1. The van der Waals surface area contributed by atoms with Gasteiger partial charge in [0.05, 0.1) is 11.1 Å². The Kier molecular flexibility index (Phi) is 4.30. The minimum absolute atomic E-state index is 0.0268. The number of halogens is 1. The lowest BCUT2D eigenvalue weighted by Crippen LogP contribution is -2.23. The molecule has 0 amide bonds. The fraction of sp³-hybridized carbons (Fsp3) is 0.312. The molecular formula is C16H17FN6O2. The number of pyridine rings is 1.